The molecule has 3 rings (SSSR count). The summed E-state index contributed by atoms with van der Waals surface area (Å²) in [5, 5.41) is 21.4. The molecule has 3 heterocycles. The molecule has 2 aliphatic rings. The summed E-state index contributed by atoms with van der Waals surface area (Å²) in [4.78, 5) is 41.1. The number of carboxylic acids is 1. The van der Waals surface area contributed by atoms with Crippen LogP contribution in [0.25, 0.3) is 0 Å². The van der Waals surface area contributed by atoms with Crippen LogP contribution in [0.2, 0.25) is 0 Å². The first-order valence-corrected chi connectivity index (χ1v) is 9.04. The van der Waals surface area contributed by atoms with Gasteiger partial charge in [-0.1, -0.05) is 18.7 Å². The second-order valence-corrected chi connectivity index (χ2v) is 8.07. The van der Waals surface area contributed by atoms with Crippen LogP contribution >= 0.6 is 23.1 Å². The maximum atomic E-state index is 12.2. The van der Waals surface area contributed by atoms with Crippen molar-refractivity contribution in [3.8, 4) is 0 Å². The predicted octanol–water partition coefficient (Wildman–Crippen LogP) is -2.74. The number of nitrogens with zero attached hydrogens (tertiary/aromatic N) is 2. The van der Waals surface area contributed by atoms with Crippen LogP contribution in [0, 0.1) is 11.8 Å². The number of β-lactam (4-membered cyclic amide) rings is 1. The summed E-state index contributed by atoms with van der Waals surface area (Å²) in [5.41, 5.74) is 1.65. The molecule has 0 aliphatic carbocycles. The third kappa shape index (κ3) is 3.22. The summed E-state index contributed by atoms with van der Waals surface area (Å²) in [6, 6.07) is -0.401. The van der Waals surface area contributed by atoms with Crippen molar-refractivity contribution in [3.05, 3.63) is 21.8 Å². The van der Waals surface area contributed by atoms with Crippen LogP contribution in [0.3, 0.4) is 0 Å². The number of Topliss-reactive ketones (excluding diaryl/α,β-unsaturated/α-hetero) is 1. The number of ketones is 1. The Hall–Kier alpha value is -0.710. The van der Waals surface area contributed by atoms with E-state index in [0.29, 0.717) is 9.11 Å². The molecule has 1 aromatic rings. The van der Waals surface area contributed by atoms with Gasteiger partial charge in [-0.25, -0.2) is 4.98 Å². The monoisotopic (exact) mass is 390 g/mol. The van der Waals surface area contributed by atoms with E-state index in [-0.39, 0.29) is 52.6 Å². The summed E-state index contributed by atoms with van der Waals surface area (Å²) in [5.74, 6) is -2.95. The first-order chi connectivity index (χ1) is 11.3. The van der Waals surface area contributed by atoms with Crippen molar-refractivity contribution in [2.45, 2.75) is 37.1 Å². The number of fused-ring (bicyclic) bond motifs is 1. The van der Waals surface area contributed by atoms with Crippen LogP contribution in [0.1, 0.15) is 31.3 Å². The van der Waals surface area contributed by atoms with E-state index >= 15 is 0 Å². The largest absolute Gasteiger partial charge is 1.00 e. The van der Waals surface area contributed by atoms with Crippen LogP contribution < -0.4 is 34.7 Å². The topological polar surface area (TPSA) is 111 Å². The molecule has 0 radical (unpaired) electrons. The summed E-state index contributed by atoms with van der Waals surface area (Å²) >= 11 is 2.38. The van der Waals surface area contributed by atoms with Gasteiger partial charge in [0.25, 0.3) is 0 Å². The van der Waals surface area contributed by atoms with E-state index in [2.05, 4.69) is 4.98 Å². The first-order valence-electron chi connectivity index (χ1n) is 7.34. The van der Waals surface area contributed by atoms with Crippen molar-refractivity contribution in [2.75, 3.05) is 0 Å². The van der Waals surface area contributed by atoms with Gasteiger partial charge in [0.1, 0.15) is 5.69 Å². The summed E-state index contributed by atoms with van der Waals surface area (Å²) in [6.45, 7) is 4.73. The molecule has 1 fully saturated rings. The summed E-state index contributed by atoms with van der Waals surface area (Å²) in [7, 11) is 0. The molecule has 1 amide bonds. The number of carbonyl (C=O) groups excluding carboxylic acids is 3. The Morgan fingerprint density at radius 2 is 2.12 bits per heavy atom. The maximum absolute atomic E-state index is 12.2. The molecule has 128 valence electrons. The number of thioether (sulfide) groups is 1. The standard InChI is InChI=1S/C15H16N2O5S2.Na/c1-5-10-8(6(2)18)13(20)17(10)11(14(21)22)12(5)24-15-9(7(3)19)16-4-23-15;/h4-6,8,10,18H,1-3H3,(H,21,22);/q;+1/p-1/t5-,6-,8-,10-;/m1./s1. The molecule has 0 unspecified atom stereocenters. The number of aliphatic carboxylic acids is 1. The number of carboxylic acid groups (broad SMARTS) is 1. The maximum Gasteiger partial charge on any atom is 1.00 e. The smallest absolute Gasteiger partial charge is 0.543 e. The number of rotatable bonds is 5. The Balaban J connectivity index is 0.00000225. The molecule has 1 N–H and O–H groups in total. The Morgan fingerprint density at radius 1 is 1.48 bits per heavy atom. The molecule has 0 saturated carbocycles. The minimum atomic E-state index is -1.43. The van der Waals surface area contributed by atoms with Crippen molar-refractivity contribution in [1.29, 1.82) is 0 Å². The van der Waals surface area contributed by atoms with E-state index in [9.17, 15) is 24.6 Å². The number of aromatic nitrogens is 1. The van der Waals surface area contributed by atoms with E-state index in [1.54, 1.807) is 0 Å². The van der Waals surface area contributed by atoms with Gasteiger partial charge in [-0.2, -0.15) is 0 Å². The molecule has 0 bridgehead atoms. The van der Waals surface area contributed by atoms with Crippen molar-refractivity contribution >= 4 is 40.8 Å². The Kier molecular flexibility index (Phi) is 6.18. The van der Waals surface area contributed by atoms with Gasteiger partial charge < -0.3 is 19.9 Å². The molecule has 0 spiro atoms. The van der Waals surface area contributed by atoms with Gasteiger partial charge in [-0.05, 0) is 6.92 Å². The predicted molar refractivity (Wildman–Crippen MR) is 85.0 cm³/mol. The summed E-state index contributed by atoms with van der Waals surface area (Å²) < 4.78 is 0.589. The fraction of sp³-hybridized carbons (Fsp3) is 0.467. The van der Waals surface area contributed by atoms with Crippen LogP contribution in [-0.2, 0) is 9.59 Å². The zero-order valence-corrected chi connectivity index (χ0v) is 17.8. The minimum Gasteiger partial charge on any atom is -0.543 e. The third-order valence-corrected chi connectivity index (χ3v) is 6.69. The van der Waals surface area contributed by atoms with Crippen LogP contribution in [0.5, 0.6) is 0 Å². The third-order valence-electron chi connectivity index (χ3n) is 4.37. The number of aliphatic hydroxyl groups is 1. The van der Waals surface area contributed by atoms with Crippen molar-refractivity contribution < 1.29 is 54.2 Å². The number of carbonyl (C=O) groups is 3. The fourth-order valence-corrected chi connectivity index (χ4v) is 5.54. The average Bonchev–Trinajstić information content (AvgIpc) is 3.02. The number of hydrogen-bond acceptors (Lipinski definition) is 8. The molecule has 1 aromatic heterocycles. The minimum absolute atomic E-state index is 0. The van der Waals surface area contributed by atoms with E-state index in [1.165, 1.54) is 35.6 Å². The van der Waals surface area contributed by atoms with E-state index in [1.807, 2.05) is 6.92 Å². The van der Waals surface area contributed by atoms with Gasteiger partial charge in [0.05, 0.1) is 39.4 Å². The molecular weight excluding hydrogens is 375 g/mol. The van der Waals surface area contributed by atoms with Crippen LogP contribution in [-0.4, -0.2) is 44.8 Å². The summed E-state index contributed by atoms with van der Waals surface area (Å²) in [6.07, 6.45) is -0.857. The SMILES string of the molecule is CC(=O)c1ncsc1SC1=C(C(=O)[O-])N2C(=O)[C@H]([C@@H](C)O)[C@H]2[C@H]1C.[Na+]. The number of thiazole rings is 1. The van der Waals surface area contributed by atoms with Crippen molar-refractivity contribution in [2.24, 2.45) is 11.8 Å². The normalized spacial score (nSPS) is 26.0. The average molecular weight is 390 g/mol. The van der Waals surface area contributed by atoms with Gasteiger partial charge >= 0.3 is 29.6 Å². The zero-order valence-electron chi connectivity index (χ0n) is 14.2. The second-order valence-electron chi connectivity index (χ2n) is 5.90. The van der Waals surface area contributed by atoms with Crippen LogP contribution in [0.4, 0.5) is 0 Å². The molecule has 4 atom stereocenters. The number of amides is 1. The van der Waals surface area contributed by atoms with E-state index < -0.39 is 29.9 Å². The molecule has 10 heteroatoms. The first kappa shape index (κ1) is 20.6. The van der Waals surface area contributed by atoms with Crippen LogP contribution in [0.15, 0.2) is 20.3 Å². The van der Waals surface area contributed by atoms with Gasteiger partial charge in [-0.3, -0.25) is 9.59 Å². The zero-order chi connectivity index (χ0) is 17.8. The Bertz CT molecular complexity index is 776. The molecular formula is C15H15N2NaO5S2. The van der Waals surface area contributed by atoms with Crippen molar-refractivity contribution in [3.63, 3.8) is 0 Å². The van der Waals surface area contributed by atoms with Gasteiger partial charge in [-0.15, -0.1) is 11.3 Å². The second kappa shape index (κ2) is 7.50. The number of hydrogen-bond donors (Lipinski definition) is 1. The van der Waals surface area contributed by atoms with E-state index in [4.69, 9.17) is 0 Å². The molecule has 7 nitrogen and oxygen atoms in total. The van der Waals surface area contributed by atoms with Gasteiger partial charge in [0, 0.05) is 17.7 Å². The molecule has 25 heavy (non-hydrogen) atoms. The molecule has 2 aliphatic heterocycles. The molecule has 1 saturated heterocycles. The Morgan fingerprint density at radius 3 is 2.64 bits per heavy atom. The quantitative estimate of drug-likeness (QED) is 0.330. The Labute approximate surface area is 174 Å². The van der Waals surface area contributed by atoms with Crippen molar-refractivity contribution in [1.82, 2.24) is 9.88 Å². The van der Waals surface area contributed by atoms with E-state index in [0.717, 1.165) is 11.8 Å². The van der Waals surface area contributed by atoms with Gasteiger partial charge in [0.2, 0.25) is 5.91 Å². The fourth-order valence-electron chi connectivity index (χ4n) is 3.29. The molecule has 0 aromatic carbocycles. The number of aliphatic hydroxyl groups excluding tert-OH is 1. The van der Waals surface area contributed by atoms with Gasteiger partial charge in [0.15, 0.2) is 5.78 Å².